The summed E-state index contributed by atoms with van der Waals surface area (Å²) in [4.78, 5) is 38.8. The third-order valence-corrected chi connectivity index (χ3v) is 3.66. The maximum absolute atomic E-state index is 12.3. The number of carbonyl (C=O) groups is 3. The van der Waals surface area contributed by atoms with Gasteiger partial charge in [0.1, 0.15) is 0 Å². The van der Waals surface area contributed by atoms with Crippen molar-refractivity contribution in [3.8, 4) is 0 Å². The van der Waals surface area contributed by atoms with E-state index >= 15 is 0 Å². The molecule has 0 saturated carbocycles. The molecule has 0 bridgehead atoms. The largest absolute Gasteiger partial charge is 0.341 e. The molecule has 3 amide bonds. The van der Waals surface area contributed by atoms with Crippen molar-refractivity contribution in [3.63, 3.8) is 0 Å². The van der Waals surface area contributed by atoms with Gasteiger partial charge in [-0.15, -0.1) is 0 Å². The smallest absolute Gasteiger partial charge is 0.260 e. The maximum atomic E-state index is 12.3. The van der Waals surface area contributed by atoms with Crippen LogP contribution >= 0.6 is 0 Å². The number of hydrogen-bond donors (Lipinski definition) is 0. The lowest BCUT2D eigenvalue weighted by Crippen LogP contribution is -2.44. The average molecular weight is 318 g/mol. The SMILES string of the molecule is CC.CC(=O)N(CCN1CCCCC1=O)C(=O)c1ccccc1. The Morgan fingerprint density at radius 3 is 2.35 bits per heavy atom. The predicted octanol–water partition coefficient (Wildman–Crippen LogP) is 2.71. The first-order chi connectivity index (χ1) is 11.1. The normalized spacial score (nSPS) is 13.9. The molecule has 23 heavy (non-hydrogen) atoms. The number of benzene rings is 1. The van der Waals surface area contributed by atoms with Crippen molar-refractivity contribution in [1.29, 1.82) is 0 Å². The summed E-state index contributed by atoms with van der Waals surface area (Å²) < 4.78 is 0. The lowest BCUT2D eigenvalue weighted by atomic mass is 10.1. The van der Waals surface area contributed by atoms with E-state index in [4.69, 9.17) is 0 Å². The van der Waals surface area contributed by atoms with E-state index in [1.165, 1.54) is 11.8 Å². The summed E-state index contributed by atoms with van der Waals surface area (Å²) in [6.45, 7) is 6.74. The van der Waals surface area contributed by atoms with E-state index in [9.17, 15) is 14.4 Å². The van der Waals surface area contributed by atoms with Crippen LogP contribution in [0, 0.1) is 0 Å². The standard InChI is InChI=1S/C16H20N2O3.C2H6/c1-13(19)18(16(21)14-7-3-2-4-8-14)12-11-17-10-6-5-9-15(17)20;1-2/h2-4,7-8H,5-6,9-12H2,1H3;1-2H3. The lowest BCUT2D eigenvalue weighted by Gasteiger charge is -2.29. The van der Waals surface area contributed by atoms with Crippen LogP contribution in [0.5, 0.6) is 0 Å². The molecule has 0 aromatic heterocycles. The van der Waals surface area contributed by atoms with E-state index in [1.807, 2.05) is 19.9 Å². The van der Waals surface area contributed by atoms with Crippen molar-refractivity contribution in [2.45, 2.75) is 40.0 Å². The molecule has 1 aromatic carbocycles. The minimum Gasteiger partial charge on any atom is -0.341 e. The van der Waals surface area contributed by atoms with Crippen molar-refractivity contribution in [1.82, 2.24) is 9.80 Å². The second kappa shape index (κ2) is 9.77. The molecular formula is C18H26N2O3. The van der Waals surface area contributed by atoms with Crippen molar-refractivity contribution in [3.05, 3.63) is 35.9 Å². The lowest BCUT2D eigenvalue weighted by molar-refractivity contribution is -0.135. The van der Waals surface area contributed by atoms with Crippen LogP contribution < -0.4 is 0 Å². The van der Waals surface area contributed by atoms with Gasteiger partial charge in [0, 0.05) is 38.5 Å². The molecule has 1 aromatic rings. The third kappa shape index (κ3) is 5.51. The zero-order valence-corrected chi connectivity index (χ0v) is 14.2. The van der Waals surface area contributed by atoms with Crippen LogP contribution in [0.4, 0.5) is 0 Å². The first-order valence-corrected chi connectivity index (χ1v) is 8.25. The molecule has 1 saturated heterocycles. The molecule has 0 aliphatic carbocycles. The molecular weight excluding hydrogens is 292 g/mol. The van der Waals surface area contributed by atoms with Gasteiger partial charge in [0.2, 0.25) is 11.8 Å². The number of hydrogen-bond acceptors (Lipinski definition) is 3. The van der Waals surface area contributed by atoms with E-state index in [2.05, 4.69) is 0 Å². The second-order valence-electron chi connectivity index (χ2n) is 5.18. The molecule has 0 radical (unpaired) electrons. The van der Waals surface area contributed by atoms with Gasteiger partial charge in [-0.2, -0.15) is 0 Å². The summed E-state index contributed by atoms with van der Waals surface area (Å²) in [6.07, 6.45) is 2.47. The number of carbonyl (C=O) groups excluding carboxylic acids is 3. The molecule has 1 aliphatic heterocycles. The van der Waals surface area contributed by atoms with E-state index in [-0.39, 0.29) is 24.3 Å². The molecule has 2 rings (SSSR count). The highest BCUT2D eigenvalue weighted by Crippen LogP contribution is 2.11. The van der Waals surface area contributed by atoms with Crippen LogP contribution in [0.2, 0.25) is 0 Å². The summed E-state index contributed by atoms with van der Waals surface area (Å²) in [5.74, 6) is -0.502. The summed E-state index contributed by atoms with van der Waals surface area (Å²) in [7, 11) is 0. The molecule has 0 atom stereocenters. The number of likely N-dealkylation sites (tertiary alicyclic amines) is 1. The first-order valence-electron chi connectivity index (χ1n) is 8.25. The number of piperidine rings is 1. The Balaban J connectivity index is 0.00000127. The highest BCUT2D eigenvalue weighted by atomic mass is 16.2. The van der Waals surface area contributed by atoms with Gasteiger partial charge in [0.25, 0.3) is 5.91 Å². The number of nitrogens with zero attached hydrogens (tertiary/aromatic N) is 2. The first kappa shape index (κ1) is 18.9. The molecule has 0 unspecified atom stereocenters. The molecule has 0 N–H and O–H groups in total. The van der Waals surface area contributed by atoms with Gasteiger partial charge in [0.05, 0.1) is 0 Å². The Labute approximate surface area is 138 Å². The second-order valence-corrected chi connectivity index (χ2v) is 5.18. The number of imide groups is 1. The summed E-state index contributed by atoms with van der Waals surface area (Å²) in [6, 6.07) is 8.72. The minimum atomic E-state index is -0.312. The Morgan fingerprint density at radius 1 is 1.13 bits per heavy atom. The molecule has 1 fully saturated rings. The van der Waals surface area contributed by atoms with Crippen LogP contribution in [0.25, 0.3) is 0 Å². The van der Waals surface area contributed by atoms with Crippen LogP contribution in [0.3, 0.4) is 0 Å². The molecule has 5 nitrogen and oxygen atoms in total. The van der Waals surface area contributed by atoms with Crippen molar-refractivity contribution < 1.29 is 14.4 Å². The van der Waals surface area contributed by atoms with Gasteiger partial charge in [-0.1, -0.05) is 32.0 Å². The fourth-order valence-corrected chi connectivity index (χ4v) is 2.46. The topological polar surface area (TPSA) is 57.7 Å². The monoisotopic (exact) mass is 318 g/mol. The molecule has 126 valence electrons. The van der Waals surface area contributed by atoms with Gasteiger partial charge in [-0.05, 0) is 25.0 Å². The molecule has 1 heterocycles. The Morgan fingerprint density at radius 2 is 1.78 bits per heavy atom. The fourth-order valence-electron chi connectivity index (χ4n) is 2.46. The van der Waals surface area contributed by atoms with E-state index in [0.29, 0.717) is 25.1 Å². The quantitative estimate of drug-likeness (QED) is 0.857. The molecule has 0 spiro atoms. The van der Waals surface area contributed by atoms with E-state index < -0.39 is 0 Å². The molecule has 1 aliphatic rings. The van der Waals surface area contributed by atoms with E-state index in [0.717, 1.165) is 12.8 Å². The van der Waals surface area contributed by atoms with Gasteiger partial charge in [-0.3, -0.25) is 19.3 Å². The highest BCUT2D eigenvalue weighted by Gasteiger charge is 2.23. The van der Waals surface area contributed by atoms with Crippen LogP contribution in [0.15, 0.2) is 30.3 Å². The predicted molar refractivity (Wildman–Crippen MR) is 89.9 cm³/mol. The number of amides is 3. The summed E-state index contributed by atoms with van der Waals surface area (Å²) in [5.41, 5.74) is 0.484. The zero-order chi connectivity index (χ0) is 17.2. The Bertz CT molecular complexity index is 528. The molecule has 5 heteroatoms. The van der Waals surface area contributed by atoms with Gasteiger partial charge < -0.3 is 4.90 Å². The van der Waals surface area contributed by atoms with Crippen molar-refractivity contribution in [2.24, 2.45) is 0 Å². The van der Waals surface area contributed by atoms with Gasteiger partial charge in [0.15, 0.2) is 0 Å². The Kier molecular flexibility index (Phi) is 8.02. The fraction of sp³-hybridized carbons (Fsp3) is 0.500. The van der Waals surface area contributed by atoms with Crippen LogP contribution in [0.1, 0.15) is 50.4 Å². The van der Waals surface area contributed by atoms with Crippen LogP contribution in [-0.4, -0.2) is 47.2 Å². The van der Waals surface area contributed by atoms with Crippen molar-refractivity contribution in [2.75, 3.05) is 19.6 Å². The van der Waals surface area contributed by atoms with Crippen molar-refractivity contribution >= 4 is 17.7 Å². The minimum absolute atomic E-state index is 0.108. The zero-order valence-electron chi connectivity index (χ0n) is 14.2. The summed E-state index contributed by atoms with van der Waals surface area (Å²) >= 11 is 0. The highest BCUT2D eigenvalue weighted by molar-refractivity contribution is 6.04. The summed E-state index contributed by atoms with van der Waals surface area (Å²) in [5, 5.41) is 0. The van der Waals surface area contributed by atoms with Gasteiger partial charge in [-0.25, -0.2) is 0 Å². The third-order valence-electron chi connectivity index (χ3n) is 3.66. The van der Waals surface area contributed by atoms with E-state index in [1.54, 1.807) is 29.2 Å². The number of rotatable bonds is 4. The average Bonchev–Trinajstić information content (AvgIpc) is 2.59. The van der Waals surface area contributed by atoms with Gasteiger partial charge >= 0.3 is 0 Å². The Hall–Kier alpha value is -2.17. The maximum Gasteiger partial charge on any atom is 0.260 e. The van der Waals surface area contributed by atoms with Crippen LogP contribution in [-0.2, 0) is 9.59 Å².